The smallest absolute Gasteiger partial charge is 0.105 e. The highest BCUT2D eigenvalue weighted by Gasteiger charge is 2.27. The summed E-state index contributed by atoms with van der Waals surface area (Å²) >= 11 is 0. The summed E-state index contributed by atoms with van der Waals surface area (Å²) in [6, 6.07) is 1.14. The molecule has 1 fully saturated rings. The highest BCUT2D eigenvalue weighted by molar-refractivity contribution is 4.88. The summed E-state index contributed by atoms with van der Waals surface area (Å²) in [6.07, 6.45) is 7.75. The highest BCUT2D eigenvalue weighted by Crippen LogP contribution is 2.18. The molecule has 18 heavy (non-hydrogen) atoms. The van der Waals surface area contributed by atoms with Gasteiger partial charge in [-0.05, 0) is 33.1 Å². The molecule has 4 heteroatoms. The van der Waals surface area contributed by atoms with Crippen molar-refractivity contribution in [3.63, 3.8) is 0 Å². The molecular formula is C14H25N3O. The van der Waals surface area contributed by atoms with Crippen LogP contribution in [0, 0.1) is 6.92 Å². The lowest BCUT2D eigenvalue weighted by molar-refractivity contribution is -0.00403. The minimum atomic E-state index is 0.370. The first-order valence-corrected chi connectivity index (χ1v) is 7.06. The van der Waals surface area contributed by atoms with E-state index in [0.29, 0.717) is 18.2 Å². The van der Waals surface area contributed by atoms with E-state index >= 15 is 0 Å². The van der Waals surface area contributed by atoms with Crippen molar-refractivity contribution in [3.05, 3.63) is 18.2 Å². The van der Waals surface area contributed by atoms with Crippen LogP contribution in [0.1, 0.15) is 38.9 Å². The Kier molecular flexibility index (Phi) is 4.78. The van der Waals surface area contributed by atoms with Gasteiger partial charge in [-0.1, -0.05) is 6.92 Å². The minimum Gasteiger partial charge on any atom is -0.375 e. The van der Waals surface area contributed by atoms with E-state index in [1.807, 2.05) is 19.3 Å². The quantitative estimate of drug-likeness (QED) is 0.871. The zero-order chi connectivity index (χ0) is 13.0. The van der Waals surface area contributed by atoms with Gasteiger partial charge in [-0.2, -0.15) is 0 Å². The number of aromatic nitrogens is 2. The third-order valence-corrected chi connectivity index (χ3v) is 3.86. The molecule has 3 atom stereocenters. The van der Waals surface area contributed by atoms with E-state index in [0.717, 1.165) is 25.4 Å². The van der Waals surface area contributed by atoms with Crippen LogP contribution in [-0.2, 0) is 11.3 Å². The van der Waals surface area contributed by atoms with Crippen LogP contribution in [0.25, 0.3) is 0 Å². The molecule has 0 bridgehead atoms. The fraction of sp³-hybridized carbons (Fsp3) is 0.786. The van der Waals surface area contributed by atoms with Crippen molar-refractivity contribution in [2.24, 2.45) is 0 Å². The first kappa shape index (κ1) is 13.6. The van der Waals surface area contributed by atoms with Gasteiger partial charge in [0.05, 0.1) is 12.7 Å². The number of nitrogens with one attached hydrogen (secondary N) is 1. The predicted octanol–water partition coefficient (Wildman–Crippen LogP) is 2.13. The lowest BCUT2D eigenvalue weighted by atomic mass is 9.95. The summed E-state index contributed by atoms with van der Waals surface area (Å²) in [5.74, 6) is 1.06. The second kappa shape index (κ2) is 6.34. The molecule has 1 N–H and O–H groups in total. The van der Waals surface area contributed by atoms with Crippen molar-refractivity contribution < 1.29 is 4.74 Å². The van der Waals surface area contributed by atoms with Crippen LogP contribution in [0.4, 0.5) is 0 Å². The third kappa shape index (κ3) is 3.33. The van der Waals surface area contributed by atoms with E-state index in [1.165, 1.54) is 12.8 Å². The lowest BCUT2D eigenvalue weighted by Crippen LogP contribution is -2.50. The SMILES string of the molecule is CCC1NC(C)CCC1OCCn1ccnc1C. The Morgan fingerprint density at radius 3 is 3.00 bits per heavy atom. The van der Waals surface area contributed by atoms with Gasteiger partial charge in [-0.25, -0.2) is 4.98 Å². The predicted molar refractivity (Wildman–Crippen MR) is 72.6 cm³/mol. The molecule has 0 aliphatic carbocycles. The Labute approximate surface area is 110 Å². The fourth-order valence-corrected chi connectivity index (χ4v) is 2.69. The normalized spacial score (nSPS) is 28.5. The van der Waals surface area contributed by atoms with Crippen LogP contribution in [0.2, 0.25) is 0 Å². The number of ether oxygens (including phenoxy) is 1. The Morgan fingerprint density at radius 1 is 1.50 bits per heavy atom. The van der Waals surface area contributed by atoms with Crippen molar-refractivity contribution in [2.75, 3.05) is 6.61 Å². The van der Waals surface area contributed by atoms with Gasteiger partial charge in [0.2, 0.25) is 0 Å². The maximum absolute atomic E-state index is 6.05. The monoisotopic (exact) mass is 251 g/mol. The molecule has 0 saturated carbocycles. The molecule has 1 aliphatic heterocycles. The molecule has 0 radical (unpaired) electrons. The van der Waals surface area contributed by atoms with Crippen molar-refractivity contribution in [1.82, 2.24) is 14.9 Å². The lowest BCUT2D eigenvalue weighted by Gasteiger charge is -2.35. The number of aryl methyl sites for hydroxylation is 1. The number of piperidine rings is 1. The van der Waals surface area contributed by atoms with Gasteiger partial charge in [0, 0.05) is 31.0 Å². The van der Waals surface area contributed by atoms with Gasteiger partial charge in [0.1, 0.15) is 5.82 Å². The van der Waals surface area contributed by atoms with Gasteiger partial charge >= 0.3 is 0 Å². The Hall–Kier alpha value is -0.870. The van der Waals surface area contributed by atoms with E-state index in [4.69, 9.17) is 4.74 Å². The molecule has 102 valence electrons. The molecule has 1 aromatic rings. The van der Waals surface area contributed by atoms with Crippen molar-refractivity contribution >= 4 is 0 Å². The number of hydrogen-bond donors (Lipinski definition) is 1. The van der Waals surface area contributed by atoms with Crippen LogP contribution in [0.15, 0.2) is 12.4 Å². The van der Waals surface area contributed by atoms with Gasteiger partial charge in [0.25, 0.3) is 0 Å². The summed E-state index contributed by atoms with van der Waals surface area (Å²) < 4.78 is 8.19. The molecule has 0 spiro atoms. The van der Waals surface area contributed by atoms with E-state index in [-0.39, 0.29) is 0 Å². The van der Waals surface area contributed by atoms with Gasteiger partial charge in [0.15, 0.2) is 0 Å². The van der Waals surface area contributed by atoms with E-state index in [1.54, 1.807) is 0 Å². The first-order chi connectivity index (χ1) is 8.70. The molecule has 1 aliphatic rings. The summed E-state index contributed by atoms with van der Waals surface area (Å²) in [7, 11) is 0. The number of rotatable bonds is 5. The Morgan fingerprint density at radius 2 is 2.33 bits per heavy atom. The van der Waals surface area contributed by atoms with E-state index < -0.39 is 0 Å². The molecule has 2 rings (SSSR count). The topological polar surface area (TPSA) is 39.1 Å². The maximum atomic E-state index is 6.05. The van der Waals surface area contributed by atoms with Crippen LogP contribution in [0.5, 0.6) is 0 Å². The first-order valence-electron chi connectivity index (χ1n) is 7.06. The molecule has 2 heterocycles. The summed E-state index contributed by atoms with van der Waals surface area (Å²) in [4.78, 5) is 4.22. The standard InChI is InChI=1S/C14H25N3O/c1-4-13-14(6-5-11(2)16-13)18-10-9-17-8-7-15-12(17)3/h7-8,11,13-14,16H,4-6,9-10H2,1-3H3. The number of hydrogen-bond acceptors (Lipinski definition) is 3. The van der Waals surface area contributed by atoms with Crippen LogP contribution >= 0.6 is 0 Å². The van der Waals surface area contributed by atoms with Crippen molar-refractivity contribution in [2.45, 2.75) is 64.8 Å². The minimum absolute atomic E-state index is 0.370. The molecule has 4 nitrogen and oxygen atoms in total. The summed E-state index contributed by atoms with van der Waals surface area (Å²) in [5, 5.41) is 3.63. The molecule has 0 aromatic carbocycles. The van der Waals surface area contributed by atoms with Crippen molar-refractivity contribution in [3.8, 4) is 0 Å². The molecule has 3 unspecified atom stereocenters. The average Bonchev–Trinajstić information content (AvgIpc) is 2.77. The number of imidazole rings is 1. The van der Waals surface area contributed by atoms with Gasteiger partial charge < -0.3 is 14.6 Å². The highest BCUT2D eigenvalue weighted by atomic mass is 16.5. The maximum Gasteiger partial charge on any atom is 0.105 e. The second-order valence-electron chi connectivity index (χ2n) is 5.24. The summed E-state index contributed by atoms with van der Waals surface area (Å²) in [5.41, 5.74) is 0. The largest absolute Gasteiger partial charge is 0.375 e. The van der Waals surface area contributed by atoms with Crippen LogP contribution in [-0.4, -0.2) is 34.3 Å². The Bertz CT molecular complexity index is 364. The van der Waals surface area contributed by atoms with E-state index in [2.05, 4.69) is 28.7 Å². The van der Waals surface area contributed by atoms with E-state index in [9.17, 15) is 0 Å². The molecular weight excluding hydrogens is 226 g/mol. The zero-order valence-corrected chi connectivity index (χ0v) is 11.7. The van der Waals surface area contributed by atoms with Crippen LogP contribution < -0.4 is 5.32 Å². The molecule has 1 aromatic heterocycles. The summed E-state index contributed by atoms with van der Waals surface area (Å²) in [6.45, 7) is 8.18. The van der Waals surface area contributed by atoms with Gasteiger partial charge in [-0.3, -0.25) is 0 Å². The number of nitrogens with zero attached hydrogens (tertiary/aromatic N) is 2. The van der Waals surface area contributed by atoms with Crippen molar-refractivity contribution in [1.29, 1.82) is 0 Å². The zero-order valence-electron chi connectivity index (χ0n) is 11.7. The third-order valence-electron chi connectivity index (χ3n) is 3.86. The van der Waals surface area contributed by atoms with Crippen LogP contribution in [0.3, 0.4) is 0 Å². The average molecular weight is 251 g/mol. The molecule has 1 saturated heterocycles. The van der Waals surface area contributed by atoms with Gasteiger partial charge in [-0.15, -0.1) is 0 Å². The Balaban J connectivity index is 1.77. The second-order valence-corrected chi connectivity index (χ2v) is 5.24. The molecule has 0 amide bonds. The fourth-order valence-electron chi connectivity index (χ4n) is 2.69.